The van der Waals surface area contributed by atoms with E-state index in [0.29, 0.717) is 12.2 Å². The van der Waals surface area contributed by atoms with Crippen LogP contribution in [-0.4, -0.2) is 76.6 Å². The fourth-order valence-electron chi connectivity index (χ4n) is 6.30. The normalized spacial score (nSPS) is 15.6. The number of rotatable bonds is 17. The van der Waals surface area contributed by atoms with Crippen molar-refractivity contribution < 1.29 is 45.6 Å². The molecule has 0 bridgehead atoms. The van der Waals surface area contributed by atoms with Gasteiger partial charge < -0.3 is 30.1 Å². The van der Waals surface area contributed by atoms with Crippen LogP contribution in [-0.2, 0) is 29.5 Å². The SMILES string of the molecule is CCCCC1(CCCC)CN(c2ccccc2)c2cc(OC)c(OCC(=O)N[C@@H](C(=O)NCCS(=O)(=O)O)c3ccc(O)cc3)cc2S(=O)(=O)C1. The minimum absolute atomic E-state index is 0.0105. The van der Waals surface area contributed by atoms with Gasteiger partial charge in [0.15, 0.2) is 27.9 Å². The van der Waals surface area contributed by atoms with Crippen LogP contribution in [0, 0.1) is 5.41 Å². The summed E-state index contributed by atoms with van der Waals surface area (Å²) < 4.78 is 71.5. The van der Waals surface area contributed by atoms with E-state index in [2.05, 4.69) is 24.5 Å². The summed E-state index contributed by atoms with van der Waals surface area (Å²) in [5, 5.41) is 14.6. The Labute approximate surface area is 300 Å². The first-order valence-corrected chi connectivity index (χ1v) is 20.2. The molecule has 0 aliphatic carbocycles. The Balaban J connectivity index is 1.66. The van der Waals surface area contributed by atoms with Gasteiger partial charge >= 0.3 is 0 Å². The predicted molar refractivity (Wildman–Crippen MR) is 194 cm³/mol. The molecular weight excluding hydrogens is 699 g/mol. The molecule has 51 heavy (non-hydrogen) atoms. The maximum Gasteiger partial charge on any atom is 0.266 e. The lowest BCUT2D eigenvalue weighted by Gasteiger charge is -2.37. The van der Waals surface area contributed by atoms with Gasteiger partial charge in [0.1, 0.15) is 11.8 Å². The standard InChI is InChI=1S/C36H47N3O10S2/c1-4-6-17-36(18-7-5-2)24-39(27-11-9-8-10-12-27)29-21-30(48-3)31(22-32(29)50(43,44)25-36)49-23-33(41)38-34(26-13-15-28(40)16-14-26)35(42)37-19-20-51(45,46)47/h8-16,21-22,34,40H,4-7,17-20,23-25H2,1-3H3,(H,37,42)(H,38,41)(H,45,46,47)/t34-/m1/s1. The van der Waals surface area contributed by atoms with E-state index in [9.17, 15) is 31.5 Å². The molecule has 2 amide bonds. The van der Waals surface area contributed by atoms with Crippen molar-refractivity contribution in [2.24, 2.45) is 5.41 Å². The summed E-state index contributed by atoms with van der Waals surface area (Å²) in [6.45, 7) is 3.62. The minimum Gasteiger partial charge on any atom is -0.508 e. The number of amides is 2. The number of phenols is 1. The zero-order valence-electron chi connectivity index (χ0n) is 29.1. The smallest absolute Gasteiger partial charge is 0.266 e. The molecule has 0 saturated carbocycles. The van der Waals surface area contributed by atoms with Crippen molar-refractivity contribution in [1.29, 1.82) is 0 Å². The van der Waals surface area contributed by atoms with Gasteiger partial charge in [0, 0.05) is 36.3 Å². The number of unbranched alkanes of at least 4 members (excludes halogenated alkanes) is 2. The van der Waals surface area contributed by atoms with Gasteiger partial charge in [-0.05, 0) is 42.7 Å². The molecule has 1 aliphatic heterocycles. The van der Waals surface area contributed by atoms with Crippen LogP contribution in [0.1, 0.15) is 64.0 Å². The third-order valence-corrected chi connectivity index (χ3v) is 11.6. The van der Waals surface area contributed by atoms with Crippen molar-refractivity contribution >= 4 is 43.1 Å². The number of nitrogens with one attached hydrogen (secondary N) is 2. The van der Waals surface area contributed by atoms with Gasteiger partial charge in [0.2, 0.25) is 5.91 Å². The maximum atomic E-state index is 14.3. The second-order valence-electron chi connectivity index (χ2n) is 12.8. The van der Waals surface area contributed by atoms with Crippen molar-refractivity contribution in [3.8, 4) is 17.2 Å². The molecule has 278 valence electrons. The number of para-hydroxylation sites is 1. The molecule has 15 heteroatoms. The lowest BCUT2D eigenvalue weighted by Crippen LogP contribution is -2.43. The fraction of sp³-hybridized carbons (Fsp3) is 0.444. The summed E-state index contributed by atoms with van der Waals surface area (Å²) >= 11 is 0. The Morgan fingerprint density at radius 3 is 2.22 bits per heavy atom. The summed E-state index contributed by atoms with van der Waals surface area (Å²) in [5.41, 5.74) is 1.03. The van der Waals surface area contributed by atoms with Gasteiger partial charge in [-0.15, -0.1) is 0 Å². The van der Waals surface area contributed by atoms with Crippen molar-refractivity contribution in [2.75, 3.05) is 43.2 Å². The highest BCUT2D eigenvalue weighted by Gasteiger charge is 2.42. The van der Waals surface area contributed by atoms with Gasteiger partial charge in [0.25, 0.3) is 16.0 Å². The lowest BCUT2D eigenvalue weighted by molar-refractivity contribution is -0.130. The lowest BCUT2D eigenvalue weighted by atomic mass is 9.79. The Bertz CT molecular complexity index is 1860. The molecule has 1 aliphatic rings. The summed E-state index contributed by atoms with van der Waals surface area (Å²) in [5.74, 6) is -2.20. The van der Waals surface area contributed by atoms with Crippen molar-refractivity contribution in [3.63, 3.8) is 0 Å². The zero-order chi connectivity index (χ0) is 37.2. The van der Waals surface area contributed by atoms with Crippen LogP contribution in [0.5, 0.6) is 17.2 Å². The largest absolute Gasteiger partial charge is 0.508 e. The number of hydrogen-bond acceptors (Lipinski definition) is 10. The molecule has 4 N–H and O–H groups in total. The van der Waals surface area contributed by atoms with Crippen LogP contribution >= 0.6 is 0 Å². The van der Waals surface area contributed by atoms with Crippen LogP contribution < -0.4 is 25.0 Å². The minimum atomic E-state index is -4.35. The molecule has 0 spiro atoms. The summed E-state index contributed by atoms with van der Waals surface area (Å²) in [7, 11) is -6.81. The number of carbonyl (C=O) groups excluding carboxylic acids is 2. The van der Waals surface area contributed by atoms with Gasteiger partial charge in [-0.3, -0.25) is 14.1 Å². The second-order valence-corrected chi connectivity index (χ2v) is 16.3. The van der Waals surface area contributed by atoms with Crippen molar-refractivity contribution in [1.82, 2.24) is 10.6 Å². The molecular formula is C36H47N3O10S2. The van der Waals surface area contributed by atoms with E-state index in [1.165, 1.54) is 37.4 Å². The summed E-state index contributed by atoms with van der Waals surface area (Å²) in [4.78, 5) is 28.3. The number of carbonyl (C=O) groups is 2. The van der Waals surface area contributed by atoms with Gasteiger partial charge in [0.05, 0.1) is 29.2 Å². The molecule has 0 unspecified atom stereocenters. The Morgan fingerprint density at radius 2 is 1.63 bits per heavy atom. The topological polar surface area (TPSA) is 189 Å². The average molecular weight is 746 g/mol. The van der Waals surface area contributed by atoms with Crippen LogP contribution in [0.3, 0.4) is 0 Å². The third-order valence-electron chi connectivity index (χ3n) is 8.86. The Kier molecular flexibility index (Phi) is 13.3. The average Bonchev–Trinajstić information content (AvgIpc) is 3.19. The monoisotopic (exact) mass is 745 g/mol. The maximum absolute atomic E-state index is 14.3. The zero-order valence-corrected chi connectivity index (χ0v) is 30.8. The highest BCUT2D eigenvalue weighted by Crippen LogP contribution is 2.48. The fourth-order valence-corrected chi connectivity index (χ4v) is 8.77. The number of fused-ring (bicyclic) bond motifs is 1. The molecule has 0 saturated heterocycles. The molecule has 3 aromatic carbocycles. The van der Waals surface area contributed by atoms with Crippen LogP contribution in [0.4, 0.5) is 11.4 Å². The number of nitrogens with zero attached hydrogens (tertiary/aromatic N) is 1. The third kappa shape index (κ3) is 10.6. The number of ether oxygens (including phenoxy) is 2. The van der Waals surface area contributed by atoms with E-state index in [4.69, 9.17) is 14.0 Å². The predicted octanol–water partition coefficient (Wildman–Crippen LogP) is 4.93. The first-order chi connectivity index (χ1) is 24.2. The number of hydrogen-bond donors (Lipinski definition) is 4. The number of aromatic hydroxyl groups is 1. The van der Waals surface area contributed by atoms with Gasteiger partial charge in [-0.2, -0.15) is 8.42 Å². The number of anilines is 2. The van der Waals surface area contributed by atoms with E-state index < -0.39 is 62.1 Å². The highest BCUT2D eigenvalue weighted by molar-refractivity contribution is 7.91. The van der Waals surface area contributed by atoms with Gasteiger partial charge in [-0.1, -0.05) is 69.9 Å². The molecule has 0 aromatic heterocycles. The van der Waals surface area contributed by atoms with E-state index in [-0.39, 0.29) is 33.5 Å². The van der Waals surface area contributed by atoms with Crippen LogP contribution in [0.15, 0.2) is 71.6 Å². The van der Waals surface area contributed by atoms with E-state index in [1.54, 1.807) is 6.07 Å². The molecule has 0 radical (unpaired) electrons. The molecule has 3 aromatic rings. The molecule has 1 heterocycles. The number of phenolic OH excluding ortho intramolecular Hbond substituents is 1. The molecule has 4 rings (SSSR count). The molecule has 1 atom stereocenters. The second kappa shape index (κ2) is 17.2. The Morgan fingerprint density at radius 1 is 0.980 bits per heavy atom. The number of benzene rings is 3. The van der Waals surface area contributed by atoms with E-state index >= 15 is 0 Å². The summed E-state index contributed by atoms with van der Waals surface area (Å²) in [6.07, 6.45) is 5.11. The first kappa shape index (κ1) is 39.4. The van der Waals surface area contributed by atoms with Crippen LogP contribution in [0.2, 0.25) is 0 Å². The van der Waals surface area contributed by atoms with Crippen molar-refractivity contribution in [2.45, 2.75) is 63.3 Å². The quantitative estimate of drug-likeness (QED) is 0.137. The number of methoxy groups -OCH3 is 1. The molecule has 0 fully saturated rings. The van der Waals surface area contributed by atoms with E-state index in [0.717, 1.165) is 44.2 Å². The van der Waals surface area contributed by atoms with Crippen molar-refractivity contribution in [3.05, 3.63) is 72.3 Å². The first-order valence-electron chi connectivity index (χ1n) is 16.9. The van der Waals surface area contributed by atoms with Gasteiger partial charge in [-0.25, -0.2) is 8.42 Å². The summed E-state index contributed by atoms with van der Waals surface area (Å²) in [6, 6.07) is 16.7. The Hall–Kier alpha value is -4.34. The van der Waals surface area contributed by atoms with Crippen LogP contribution in [0.25, 0.3) is 0 Å². The number of sulfone groups is 1. The molecule has 13 nitrogen and oxygen atoms in total. The highest BCUT2D eigenvalue weighted by atomic mass is 32.2. The van der Waals surface area contributed by atoms with E-state index in [1.807, 2.05) is 35.2 Å².